The summed E-state index contributed by atoms with van der Waals surface area (Å²) in [6.07, 6.45) is 1.63. The van der Waals surface area contributed by atoms with Crippen LogP contribution in [0.1, 0.15) is 6.42 Å². The van der Waals surface area contributed by atoms with Crippen LogP contribution in [-0.4, -0.2) is 43.6 Å². The van der Waals surface area contributed by atoms with Gasteiger partial charge in [-0.2, -0.15) is 0 Å². The summed E-state index contributed by atoms with van der Waals surface area (Å²) in [6, 6.07) is 0. The van der Waals surface area contributed by atoms with Crippen LogP contribution in [0.25, 0.3) is 0 Å². The highest BCUT2D eigenvalue weighted by Gasteiger charge is 2.32. The summed E-state index contributed by atoms with van der Waals surface area (Å²) < 4.78 is 23.7. The van der Waals surface area contributed by atoms with Crippen molar-refractivity contribution in [3.8, 4) is 0 Å². The molecule has 3 unspecified atom stereocenters. The fraction of sp³-hybridized carbons (Fsp3) is 0.857. The van der Waals surface area contributed by atoms with E-state index in [4.69, 9.17) is 5.11 Å². The average Bonchev–Trinajstić information content (AvgIpc) is 2.24. The van der Waals surface area contributed by atoms with E-state index in [2.05, 4.69) is 4.72 Å². The number of sulfonamides is 1. The quantitative estimate of drug-likeness (QED) is 0.526. The third kappa shape index (κ3) is 3.60. The maximum Gasteiger partial charge on any atom is 0.208 e. The molecule has 13 heavy (non-hydrogen) atoms. The molecule has 3 N–H and O–H groups in total. The molecule has 1 aliphatic carbocycles. The van der Waals surface area contributed by atoms with E-state index in [1.807, 2.05) is 0 Å². The van der Waals surface area contributed by atoms with Crippen molar-refractivity contribution in [1.82, 2.24) is 4.72 Å². The molecule has 0 aliphatic heterocycles. The van der Waals surface area contributed by atoms with Crippen LogP contribution in [0.4, 0.5) is 0 Å². The minimum absolute atomic E-state index is 0.150. The summed E-state index contributed by atoms with van der Waals surface area (Å²) in [6.45, 7) is 0.150. The van der Waals surface area contributed by atoms with Gasteiger partial charge in [-0.15, -0.1) is 0 Å². The Morgan fingerprint density at radius 3 is 2.54 bits per heavy atom. The van der Waals surface area contributed by atoms with Crippen molar-refractivity contribution in [3.63, 3.8) is 0 Å². The number of hydrogen-bond donors (Lipinski definition) is 3. The molecule has 0 saturated heterocycles. The lowest BCUT2D eigenvalue weighted by atomic mass is 10.1. The van der Waals surface area contributed by atoms with Crippen molar-refractivity contribution in [3.05, 3.63) is 6.42 Å². The van der Waals surface area contributed by atoms with Gasteiger partial charge in [0.15, 0.2) is 0 Å². The van der Waals surface area contributed by atoms with E-state index in [0.29, 0.717) is 0 Å². The van der Waals surface area contributed by atoms with Gasteiger partial charge in [0.25, 0.3) is 0 Å². The first-order valence-electron chi connectivity index (χ1n) is 4.04. The van der Waals surface area contributed by atoms with E-state index in [1.165, 1.54) is 0 Å². The monoisotopic (exact) mass is 208 g/mol. The summed E-state index contributed by atoms with van der Waals surface area (Å²) in [5.41, 5.74) is 0. The van der Waals surface area contributed by atoms with Crippen molar-refractivity contribution in [2.45, 2.75) is 18.6 Å². The number of aliphatic hydroxyl groups excluding tert-OH is 2. The van der Waals surface area contributed by atoms with E-state index in [9.17, 15) is 13.5 Å². The molecule has 0 spiro atoms. The van der Waals surface area contributed by atoms with E-state index < -0.39 is 22.2 Å². The summed E-state index contributed by atoms with van der Waals surface area (Å²) >= 11 is 0. The summed E-state index contributed by atoms with van der Waals surface area (Å²) in [4.78, 5) is 0. The van der Waals surface area contributed by atoms with E-state index >= 15 is 0 Å². The lowest BCUT2D eigenvalue weighted by Gasteiger charge is -2.13. The molecule has 1 rings (SSSR count). The van der Waals surface area contributed by atoms with Crippen molar-refractivity contribution >= 4 is 10.0 Å². The Labute approximate surface area is 77.8 Å². The standard InChI is InChI=1S/C7H14NO4S/c1-13(11,12)8-4-5-2-6(9)3-7(5)10/h2,5-10H,3-4H2,1H3. The lowest BCUT2D eigenvalue weighted by Crippen LogP contribution is -2.31. The molecule has 0 aromatic heterocycles. The van der Waals surface area contributed by atoms with Crippen LogP contribution in [0.2, 0.25) is 0 Å². The topological polar surface area (TPSA) is 86.6 Å². The zero-order valence-electron chi connectivity index (χ0n) is 7.34. The zero-order chi connectivity index (χ0) is 10.1. The van der Waals surface area contributed by atoms with Crippen molar-refractivity contribution in [2.24, 2.45) is 5.92 Å². The van der Waals surface area contributed by atoms with E-state index in [1.54, 1.807) is 6.42 Å². The molecule has 1 aliphatic rings. The highest BCUT2D eigenvalue weighted by molar-refractivity contribution is 7.88. The molecule has 0 amide bonds. The van der Waals surface area contributed by atoms with Gasteiger partial charge in [-0.05, 0) is 12.8 Å². The second-order valence-corrected chi connectivity index (χ2v) is 5.18. The smallest absolute Gasteiger partial charge is 0.208 e. The molecule has 1 fully saturated rings. The average molecular weight is 208 g/mol. The fourth-order valence-electron chi connectivity index (χ4n) is 1.37. The highest BCUT2D eigenvalue weighted by Crippen LogP contribution is 2.24. The molecule has 0 aromatic carbocycles. The van der Waals surface area contributed by atoms with Gasteiger partial charge < -0.3 is 10.2 Å². The third-order valence-corrected chi connectivity index (χ3v) is 2.72. The molecule has 0 bridgehead atoms. The van der Waals surface area contributed by atoms with E-state index in [0.717, 1.165) is 6.26 Å². The molecule has 1 radical (unpaired) electrons. The van der Waals surface area contributed by atoms with Crippen LogP contribution in [0, 0.1) is 12.3 Å². The SMILES string of the molecule is CS(=O)(=O)NCC1[CH]C(O)CC1O. The normalized spacial score (nSPS) is 35.2. The summed E-state index contributed by atoms with van der Waals surface area (Å²) in [5, 5.41) is 18.4. The molecule has 1 saturated carbocycles. The van der Waals surface area contributed by atoms with Crippen LogP contribution in [-0.2, 0) is 10.0 Å². The van der Waals surface area contributed by atoms with Crippen LogP contribution >= 0.6 is 0 Å². The molecule has 5 nitrogen and oxygen atoms in total. The molecule has 0 heterocycles. The maximum absolute atomic E-state index is 10.7. The second kappa shape index (κ2) is 3.91. The minimum atomic E-state index is -3.22. The van der Waals surface area contributed by atoms with Crippen LogP contribution in [0.3, 0.4) is 0 Å². The van der Waals surface area contributed by atoms with Gasteiger partial charge >= 0.3 is 0 Å². The molecule has 77 valence electrons. The molecule has 0 aromatic rings. The van der Waals surface area contributed by atoms with Crippen LogP contribution in [0.5, 0.6) is 0 Å². The number of hydrogen-bond acceptors (Lipinski definition) is 4. The van der Waals surface area contributed by atoms with Gasteiger partial charge in [-0.25, -0.2) is 13.1 Å². The highest BCUT2D eigenvalue weighted by atomic mass is 32.2. The molecular weight excluding hydrogens is 194 g/mol. The van der Waals surface area contributed by atoms with E-state index in [-0.39, 0.29) is 18.9 Å². The van der Waals surface area contributed by atoms with Gasteiger partial charge in [-0.1, -0.05) is 0 Å². The Morgan fingerprint density at radius 2 is 2.15 bits per heavy atom. The van der Waals surface area contributed by atoms with Crippen LogP contribution in [0.15, 0.2) is 0 Å². The van der Waals surface area contributed by atoms with Crippen molar-refractivity contribution in [1.29, 1.82) is 0 Å². The van der Waals surface area contributed by atoms with Gasteiger partial charge in [-0.3, -0.25) is 0 Å². The molecule has 3 atom stereocenters. The predicted octanol–water partition coefficient (Wildman–Crippen LogP) is -1.52. The predicted molar refractivity (Wildman–Crippen MR) is 47.3 cm³/mol. The second-order valence-electron chi connectivity index (χ2n) is 3.35. The van der Waals surface area contributed by atoms with Gasteiger partial charge in [0.1, 0.15) is 0 Å². The van der Waals surface area contributed by atoms with Crippen molar-refractivity contribution < 1.29 is 18.6 Å². The Bertz CT molecular complexity index is 264. The Kier molecular flexibility index (Phi) is 3.28. The largest absolute Gasteiger partial charge is 0.393 e. The lowest BCUT2D eigenvalue weighted by molar-refractivity contribution is 0.121. The van der Waals surface area contributed by atoms with Gasteiger partial charge in [0.2, 0.25) is 10.0 Å². The first-order chi connectivity index (χ1) is 5.88. The first-order valence-corrected chi connectivity index (χ1v) is 5.93. The summed E-state index contributed by atoms with van der Waals surface area (Å²) in [5.74, 6) is -0.287. The number of rotatable bonds is 3. The Balaban J connectivity index is 2.38. The first kappa shape index (κ1) is 10.9. The van der Waals surface area contributed by atoms with Gasteiger partial charge in [0.05, 0.1) is 18.5 Å². The number of aliphatic hydroxyl groups is 2. The maximum atomic E-state index is 10.7. The fourth-order valence-corrected chi connectivity index (χ4v) is 1.86. The van der Waals surface area contributed by atoms with Crippen molar-refractivity contribution in [2.75, 3.05) is 12.8 Å². The Hall–Kier alpha value is -0.170. The summed E-state index contributed by atoms with van der Waals surface area (Å²) in [7, 11) is -3.22. The molecule has 6 heteroatoms. The number of nitrogens with one attached hydrogen (secondary N) is 1. The minimum Gasteiger partial charge on any atom is -0.393 e. The van der Waals surface area contributed by atoms with Gasteiger partial charge in [0, 0.05) is 12.5 Å². The zero-order valence-corrected chi connectivity index (χ0v) is 8.16. The molecular formula is C7H14NO4S. The van der Waals surface area contributed by atoms with Crippen LogP contribution < -0.4 is 4.72 Å². The Morgan fingerprint density at radius 1 is 1.54 bits per heavy atom. The third-order valence-electron chi connectivity index (χ3n) is 2.03.